The Labute approximate surface area is 167 Å². The first kappa shape index (κ1) is 18.4. The average Bonchev–Trinajstić information content (AvgIpc) is 3.35. The van der Waals surface area contributed by atoms with E-state index in [9.17, 15) is 14.4 Å². The first-order valence-corrected chi connectivity index (χ1v) is 9.05. The lowest BCUT2D eigenvalue weighted by atomic mass is 10.1. The Morgan fingerprint density at radius 2 is 1.76 bits per heavy atom. The van der Waals surface area contributed by atoms with Crippen LogP contribution in [0.2, 0.25) is 0 Å². The quantitative estimate of drug-likeness (QED) is 0.473. The summed E-state index contributed by atoms with van der Waals surface area (Å²) in [5.41, 5.74) is 1.68. The fourth-order valence-electron chi connectivity index (χ4n) is 3.08. The number of furan rings is 1. The number of nitrogens with zero attached hydrogens (tertiary/aromatic N) is 1. The number of carbonyl (C=O) groups is 3. The zero-order chi connectivity index (χ0) is 20.2. The molecule has 0 bridgehead atoms. The normalized spacial score (nSPS) is 13.2. The summed E-state index contributed by atoms with van der Waals surface area (Å²) in [7, 11) is 0. The number of esters is 1. The van der Waals surface area contributed by atoms with E-state index in [0.29, 0.717) is 5.76 Å². The Morgan fingerprint density at radius 1 is 0.966 bits per heavy atom. The summed E-state index contributed by atoms with van der Waals surface area (Å²) < 4.78 is 10.4. The third-order valence-corrected chi connectivity index (χ3v) is 4.52. The lowest BCUT2D eigenvalue weighted by Gasteiger charge is -2.11. The number of fused-ring (bicyclic) bond motifs is 1. The minimum absolute atomic E-state index is 0.0450. The highest BCUT2D eigenvalue weighted by Crippen LogP contribution is 2.26. The molecule has 4 rings (SSSR count). The standard InChI is InChI=1S/C23H17NO5/c25-21-19-11-10-17(23(27)29-13-4-8-16-6-2-1-3-7-16)14-20(19)22(26)24(21)15-18-9-5-12-28-18/h1-12,14H,13,15H2/b8-4+. The van der Waals surface area contributed by atoms with E-state index < -0.39 is 17.8 Å². The molecule has 0 spiro atoms. The van der Waals surface area contributed by atoms with E-state index in [2.05, 4.69) is 0 Å². The third-order valence-electron chi connectivity index (χ3n) is 4.52. The van der Waals surface area contributed by atoms with Crippen LogP contribution in [-0.4, -0.2) is 29.3 Å². The van der Waals surface area contributed by atoms with Gasteiger partial charge in [-0.2, -0.15) is 0 Å². The molecule has 0 aliphatic carbocycles. The molecule has 0 N–H and O–H groups in total. The number of imide groups is 1. The molecule has 2 aromatic carbocycles. The molecule has 144 valence electrons. The largest absolute Gasteiger partial charge is 0.467 e. The second kappa shape index (κ2) is 7.98. The molecule has 0 saturated heterocycles. The Bertz CT molecular complexity index is 1080. The van der Waals surface area contributed by atoms with Crippen LogP contribution in [0, 0.1) is 0 Å². The van der Waals surface area contributed by atoms with Crippen molar-refractivity contribution in [3.05, 3.63) is 101 Å². The van der Waals surface area contributed by atoms with Gasteiger partial charge in [0.1, 0.15) is 12.4 Å². The smallest absolute Gasteiger partial charge is 0.338 e. The van der Waals surface area contributed by atoms with E-state index in [4.69, 9.17) is 9.15 Å². The number of rotatable bonds is 6. The van der Waals surface area contributed by atoms with Crippen LogP contribution in [-0.2, 0) is 11.3 Å². The molecule has 0 saturated carbocycles. The first-order chi connectivity index (χ1) is 14.1. The van der Waals surface area contributed by atoms with Gasteiger partial charge in [0.2, 0.25) is 0 Å². The van der Waals surface area contributed by atoms with Crippen molar-refractivity contribution in [2.75, 3.05) is 6.61 Å². The van der Waals surface area contributed by atoms with Crippen molar-refractivity contribution in [2.24, 2.45) is 0 Å². The van der Waals surface area contributed by atoms with Gasteiger partial charge in [0, 0.05) is 0 Å². The molecular formula is C23H17NO5. The van der Waals surface area contributed by atoms with Gasteiger partial charge in [-0.3, -0.25) is 14.5 Å². The average molecular weight is 387 g/mol. The van der Waals surface area contributed by atoms with Gasteiger partial charge in [0.05, 0.1) is 29.5 Å². The molecule has 0 unspecified atom stereocenters. The first-order valence-electron chi connectivity index (χ1n) is 9.05. The second-order valence-electron chi connectivity index (χ2n) is 6.45. The van der Waals surface area contributed by atoms with Gasteiger partial charge in [0.15, 0.2) is 0 Å². The van der Waals surface area contributed by atoms with E-state index in [1.54, 1.807) is 18.2 Å². The second-order valence-corrected chi connectivity index (χ2v) is 6.45. The van der Waals surface area contributed by atoms with Gasteiger partial charge < -0.3 is 9.15 Å². The van der Waals surface area contributed by atoms with E-state index >= 15 is 0 Å². The van der Waals surface area contributed by atoms with Crippen molar-refractivity contribution in [3.8, 4) is 0 Å². The molecule has 1 aromatic heterocycles. The zero-order valence-corrected chi connectivity index (χ0v) is 15.4. The maximum Gasteiger partial charge on any atom is 0.338 e. The Kier molecular flexibility index (Phi) is 5.07. The molecular weight excluding hydrogens is 370 g/mol. The summed E-state index contributed by atoms with van der Waals surface area (Å²) in [5, 5.41) is 0. The number of hydrogen-bond acceptors (Lipinski definition) is 5. The number of hydrogen-bond donors (Lipinski definition) is 0. The summed E-state index contributed by atoms with van der Waals surface area (Å²) >= 11 is 0. The molecule has 1 aliphatic rings. The van der Waals surface area contributed by atoms with Crippen LogP contribution in [0.1, 0.15) is 42.4 Å². The van der Waals surface area contributed by atoms with Crippen LogP contribution in [0.15, 0.2) is 77.4 Å². The number of benzene rings is 2. The number of ether oxygens (including phenoxy) is 1. The maximum atomic E-state index is 12.6. The fraction of sp³-hybridized carbons (Fsp3) is 0.0870. The molecule has 29 heavy (non-hydrogen) atoms. The van der Waals surface area contributed by atoms with Crippen molar-refractivity contribution in [3.63, 3.8) is 0 Å². The molecule has 0 atom stereocenters. The third kappa shape index (κ3) is 3.87. The van der Waals surface area contributed by atoms with Crippen LogP contribution in [0.25, 0.3) is 6.08 Å². The van der Waals surface area contributed by atoms with Crippen molar-refractivity contribution in [2.45, 2.75) is 6.54 Å². The van der Waals surface area contributed by atoms with Gasteiger partial charge in [0.25, 0.3) is 11.8 Å². The summed E-state index contributed by atoms with van der Waals surface area (Å²) in [6, 6.07) is 17.4. The SMILES string of the molecule is O=C(OC/C=C/c1ccccc1)c1ccc2c(c1)C(=O)N(Cc1ccco1)C2=O. The summed E-state index contributed by atoms with van der Waals surface area (Å²) in [6.45, 7) is 0.145. The van der Waals surface area contributed by atoms with Gasteiger partial charge in [-0.15, -0.1) is 0 Å². The van der Waals surface area contributed by atoms with Gasteiger partial charge in [-0.1, -0.05) is 36.4 Å². The topological polar surface area (TPSA) is 76.8 Å². The van der Waals surface area contributed by atoms with Crippen LogP contribution >= 0.6 is 0 Å². The highest BCUT2D eigenvalue weighted by Gasteiger charge is 2.36. The molecule has 3 aromatic rings. The zero-order valence-electron chi connectivity index (χ0n) is 15.4. The number of amides is 2. The fourth-order valence-corrected chi connectivity index (χ4v) is 3.08. The van der Waals surface area contributed by atoms with Crippen LogP contribution in [0.3, 0.4) is 0 Å². The van der Waals surface area contributed by atoms with Crippen LogP contribution < -0.4 is 0 Å². The van der Waals surface area contributed by atoms with E-state index in [0.717, 1.165) is 10.5 Å². The Morgan fingerprint density at radius 3 is 2.52 bits per heavy atom. The van der Waals surface area contributed by atoms with Gasteiger partial charge >= 0.3 is 5.97 Å². The van der Waals surface area contributed by atoms with E-state index in [1.165, 1.54) is 24.5 Å². The van der Waals surface area contributed by atoms with Gasteiger partial charge in [-0.25, -0.2) is 4.79 Å². The molecule has 6 nitrogen and oxygen atoms in total. The van der Waals surface area contributed by atoms with Crippen molar-refractivity contribution in [1.29, 1.82) is 0 Å². The van der Waals surface area contributed by atoms with Crippen molar-refractivity contribution >= 4 is 23.9 Å². The van der Waals surface area contributed by atoms with E-state index in [1.807, 2.05) is 36.4 Å². The van der Waals surface area contributed by atoms with Crippen LogP contribution in [0.4, 0.5) is 0 Å². The van der Waals surface area contributed by atoms with E-state index in [-0.39, 0.29) is 29.8 Å². The highest BCUT2D eigenvalue weighted by molar-refractivity contribution is 6.21. The summed E-state index contributed by atoms with van der Waals surface area (Å²) in [5.74, 6) is -0.924. The van der Waals surface area contributed by atoms with Crippen molar-refractivity contribution in [1.82, 2.24) is 4.90 Å². The van der Waals surface area contributed by atoms with Gasteiger partial charge in [-0.05, 0) is 42.0 Å². The molecule has 1 aliphatic heterocycles. The monoisotopic (exact) mass is 387 g/mol. The number of carbonyl (C=O) groups excluding carboxylic acids is 3. The lowest BCUT2D eigenvalue weighted by Crippen LogP contribution is -2.28. The maximum absolute atomic E-state index is 12.6. The van der Waals surface area contributed by atoms with Crippen LogP contribution in [0.5, 0.6) is 0 Å². The molecule has 0 fully saturated rings. The molecule has 2 amide bonds. The minimum atomic E-state index is -0.560. The summed E-state index contributed by atoms with van der Waals surface area (Å²) in [6.07, 6.45) is 5.07. The Hall–Kier alpha value is -3.93. The Balaban J connectivity index is 1.43. The molecule has 0 radical (unpaired) electrons. The summed E-state index contributed by atoms with van der Waals surface area (Å²) in [4.78, 5) is 38.5. The molecule has 2 heterocycles. The predicted octanol–water partition coefficient (Wildman–Crippen LogP) is 3.95. The predicted molar refractivity (Wildman–Crippen MR) is 105 cm³/mol. The minimum Gasteiger partial charge on any atom is -0.467 e. The lowest BCUT2D eigenvalue weighted by molar-refractivity contribution is 0.0549. The molecule has 6 heteroatoms. The van der Waals surface area contributed by atoms with Crippen molar-refractivity contribution < 1.29 is 23.5 Å². The highest BCUT2D eigenvalue weighted by atomic mass is 16.5.